The van der Waals surface area contributed by atoms with E-state index in [2.05, 4.69) is 10.3 Å². The molecule has 1 atom stereocenters. The molecule has 0 aliphatic heterocycles. The second kappa shape index (κ2) is 6.10. The minimum absolute atomic E-state index is 0.180. The van der Waals surface area contributed by atoms with Crippen LogP contribution in [0.15, 0.2) is 42.7 Å². The molecule has 0 saturated heterocycles. The van der Waals surface area contributed by atoms with Crippen LogP contribution in [0.3, 0.4) is 0 Å². The number of hydrogen-bond acceptors (Lipinski definition) is 3. The van der Waals surface area contributed by atoms with Gasteiger partial charge in [0.2, 0.25) is 0 Å². The van der Waals surface area contributed by atoms with Crippen LogP contribution in [0.2, 0.25) is 0 Å². The Morgan fingerprint density at radius 1 is 1.35 bits per heavy atom. The Morgan fingerprint density at radius 2 is 2.15 bits per heavy atom. The maximum absolute atomic E-state index is 13.4. The number of halogens is 2. The highest BCUT2D eigenvalue weighted by Gasteiger charge is 2.17. The lowest BCUT2D eigenvalue weighted by atomic mass is 10.3. The number of nitrogens with zero attached hydrogens (tertiary/aromatic N) is 1. The molecule has 2 aromatic rings. The van der Waals surface area contributed by atoms with Crippen molar-refractivity contribution in [3.8, 4) is 5.75 Å². The highest BCUT2D eigenvalue weighted by molar-refractivity contribution is 5.93. The van der Waals surface area contributed by atoms with Gasteiger partial charge in [-0.2, -0.15) is 0 Å². The summed E-state index contributed by atoms with van der Waals surface area (Å²) in [5.41, 5.74) is 0.507. The number of pyridine rings is 1. The molecule has 1 N–H and O–H groups in total. The van der Waals surface area contributed by atoms with E-state index in [9.17, 15) is 13.6 Å². The molecule has 6 heteroatoms. The van der Waals surface area contributed by atoms with Crippen molar-refractivity contribution in [2.24, 2.45) is 0 Å². The average Bonchev–Trinajstić information content (AvgIpc) is 2.43. The van der Waals surface area contributed by atoms with Crippen LogP contribution in [-0.4, -0.2) is 17.0 Å². The predicted molar refractivity (Wildman–Crippen MR) is 69.3 cm³/mol. The Balaban J connectivity index is 2.00. The van der Waals surface area contributed by atoms with Crippen LogP contribution >= 0.6 is 0 Å². The van der Waals surface area contributed by atoms with Gasteiger partial charge in [0.05, 0.1) is 11.9 Å². The summed E-state index contributed by atoms with van der Waals surface area (Å²) in [4.78, 5) is 15.7. The summed E-state index contributed by atoms with van der Waals surface area (Å²) < 4.78 is 31.3. The van der Waals surface area contributed by atoms with Gasteiger partial charge in [0.25, 0.3) is 5.91 Å². The van der Waals surface area contributed by atoms with Gasteiger partial charge in [-0.15, -0.1) is 0 Å². The third kappa shape index (κ3) is 3.50. The van der Waals surface area contributed by atoms with Gasteiger partial charge < -0.3 is 10.1 Å². The molecular weight excluding hydrogens is 266 g/mol. The van der Waals surface area contributed by atoms with E-state index in [-0.39, 0.29) is 5.75 Å². The second-order valence-corrected chi connectivity index (χ2v) is 4.07. The van der Waals surface area contributed by atoms with Gasteiger partial charge in [-0.1, -0.05) is 0 Å². The molecule has 1 heterocycles. The summed E-state index contributed by atoms with van der Waals surface area (Å²) in [6, 6.07) is 6.22. The number of carbonyl (C=O) groups excluding carboxylic acids is 1. The molecule has 1 aromatic carbocycles. The normalized spacial score (nSPS) is 11.8. The standard InChI is InChI=1S/C14H12F2N2O2/c1-9(14(19)18-11-3-2-6-17-8-11)20-13-5-4-10(15)7-12(13)16/h2-9H,1H3,(H,18,19). The SMILES string of the molecule is CC(Oc1ccc(F)cc1F)C(=O)Nc1cccnc1. The van der Waals surface area contributed by atoms with Gasteiger partial charge in [-0.25, -0.2) is 8.78 Å². The average molecular weight is 278 g/mol. The molecule has 0 bridgehead atoms. The second-order valence-electron chi connectivity index (χ2n) is 4.07. The molecule has 0 fully saturated rings. The smallest absolute Gasteiger partial charge is 0.265 e. The Hall–Kier alpha value is -2.50. The highest BCUT2D eigenvalue weighted by atomic mass is 19.1. The number of benzene rings is 1. The van der Waals surface area contributed by atoms with Gasteiger partial charge in [0, 0.05) is 12.3 Å². The highest BCUT2D eigenvalue weighted by Crippen LogP contribution is 2.19. The summed E-state index contributed by atoms with van der Waals surface area (Å²) in [5, 5.41) is 2.57. The molecule has 0 spiro atoms. The van der Waals surface area contributed by atoms with Crippen LogP contribution in [0.1, 0.15) is 6.92 Å². The molecule has 2 rings (SSSR count). The van der Waals surface area contributed by atoms with Crippen LogP contribution in [0.4, 0.5) is 14.5 Å². The van der Waals surface area contributed by atoms with Crippen molar-refractivity contribution in [1.29, 1.82) is 0 Å². The van der Waals surface area contributed by atoms with E-state index < -0.39 is 23.6 Å². The molecule has 20 heavy (non-hydrogen) atoms. The molecule has 0 saturated carbocycles. The third-order valence-electron chi connectivity index (χ3n) is 2.50. The Morgan fingerprint density at radius 3 is 2.80 bits per heavy atom. The molecule has 0 radical (unpaired) electrons. The minimum Gasteiger partial charge on any atom is -0.478 e. The maximum atomic E-state index is 13.4. The van der Waals surface area contributed by atoms with E-state index in [4.69, 9.17) is 4.74 Å². The summed E-state index contributed by atoms with van der Waals surface area (Å²) >= 11 is 0. The topological polar surface area (TPSA) is 51.2 Å². The molecule has 1 aromatic heterocycles. The first kappa shape index (κ1) is 13.9. The van der Waals surface area contributed by atoms with Crippen molar-refractivity contribution in [2.75, 3.05) is 5.32 Å². The quantitative estimate of drug-likeness (QED) is 0.935. The lowest BCUT2D eigenvalue weighted by Gasteiger charge is -2.15. The maximum Gasteiger partial charge on any atom is 0.265 e. The van der Waals surface area contributed by atoms with Crippen LogP contribution in [0, 0.1) is 11.6 Å². The van der Waals surface area contributed by atoms with Gasteiger partial charge >= 0.3 is 0 Å². The van der Waals surface area contributed by atoms with Crippen molar-refractivity contribution in [2.45, 2.75) is 13.0 Å². The van der Waals surface area contributed by atoms with Gasteiger partial charge in [-0.05, 0) is 31.2 Å². The zero-order valence-corrected chi connectivity index (χ0v) is 10.6. The predicted octanol–water partition coefficient (Wildman–Crippen LogP) is 2.77. The first-order valence-corrected chi connectivity index (χ1v) is 5.89. The number of hydrogen-bond donors (Lipinski definition) is 1. The van der Waals surface area contributed by atoms with Crippen molar-refractivity contribution < 1.29 is 18.3 Å². The Labute approximate surface area is 114 Å². The lowest BCUT2D eigenvalue weighted by molar-refractivity contribution is -0.122. The molecule has 4 nitrogen and oxygen atoms in total. The number of anilines is 1. The van der Waals surface area contributed by atoms with E-state index >= 15 is 0 Å². The van der Waals surface area contributed by atoms with E-state index in [1.807, 2.05) is 0 Å². The zero-order chi connectivity index (χ0) is 14.5. The summed E-state index contributed by atoms with van der Waals surface area (Å²) in [7, 11) is 0. The number of amides is 1. The molecule has 104 valence electrons. The molecule has 1 amide bonds. The van der Waals surface area contributed by atoms with Crippen molar-refractivity contribution in [3.05, 3.63) is 54.4 Å². The summed E-state index contributed by atoms with van der Waals surface area (Å²) in [6.45, 7) is 1.47. The van der Waals surface area contributed by atoms with E-state index in [0.29, 0.717) is 11.8 Å². The lowest BCUT2D eigenvalue weighted by Crippen LogP contribution is -2.30. The van der Waals surface area contributed by atoms with Crippen LogP contribution in [0.25, 0.3) is 0 Å². The van der Waals surface area contributed by atoms with Gasteiger partial charge in [-0.3, -0.25) is 9.78 Å². The first-order chi connectivity index (χ1) is 9.56. The first-order valence-electron chi connectivity index (χ1n) is 5.89. The van der Waals surface area contributed by atoms with Gasteiger partial charge in [0.1, 0.15) is 5.82 Å². The molecule has 0 aliphatic rings. The van der Waals surface area contributed by atoms with Crippen LogP contribution in [-0.2, 0) is 4.79 Å². The molecule has 0 aliphatic carbocycles. The van der Waals surface area contributed by atoms with Crippen molar-refractivity contribution in [1.82, 2.24) is 4.98 Å². The fourth-order valence-electron chi connectivity index (χ4n) is 1.50. The van der Waals surface area contributed by atoms with Crippen LogP contribution < -0.4 is 10.1 Å². The van der Waals surface area contributed by atoms with Crippen LogP contribution in [0.5, 0.6) is 5.75 Å². The van der Waals surface area contributed by atoms with Crippen molar-refractivity contribution in [3.63, 3.8) is 0 Å². The molecule has 1 unspecified atom stereocenters. The van der Waals surface area contributed by atoms with Crippen molar-refractivity contribution >= 4 is 11.6 Å². The van der Waals surface area contributed by atoms with E-state index in [1.165, 1.54) is 13.1 Å². The van der Waals surface area contributed by atoms with Gasteiger partial charge in [0.15, 0.2) is 17.7 Å². The summed E-state index contributed by atoms with van der Waals surface area (Å²) in [6.07, 6.45) is 2.11. The molecular formula is C14H12F2N2O2. The third-order valence-corrected chi connectivity index (χ3v) is 2.50. The number of ether oxygens (including phenoxy) is 1. The Kier molecular flexibility index (Phi) is 4.24. The fraction of sp³-hybridized carbons (Fsp3) is 0.143. The monoisotopic (exact) mass is 278 g/mol. The number of aromatic nitrogens is 1. The zero-order valence-electron chi connectivity index (χ0n) is 10.6. The van der Waals surface area contributed by atoms with E-state index in [1.54, 1.807) is 18.3 Å². The Bertz CT molecular complexity index is 605. The largest absolute Gasteiger partial charge is 0.478 e. The fourth-order valence-corrected chi connectivity index (χ4v) is 1.50. The number of rotatable bonds is 4. The summed E-state index contributed by atoms with van der Waals surface area (Å²) in [5.74, 6) is -2.20. The number of carbonyl (C=O) groups is 1. The number of nitrogens with one attached hydrogen (secondary N) is 1. The van der Waals surface area contributed by atoms with E-state index in [0.717, 1.165) is 12.1 Å². The minimum atomic E-state index is -0.935.